The average Bonchev–Trinajstić information content (AvgIpc) is 2.46. The summed E-state index contributed by atoms with van der Waals surface area (Å²) in [4.78, 5) is 0. The Labute approximate surface area is 87.2 Å². The molecule has 0 amide bonds. The molecule has 2 aliphatic carbocycles. The summed E-state index contributed by atoms with van der Waals surface area (Å²) in [7, 11) is 0. The third kappa shape index (κ3) is 1.42. The fourth-order valence-electron chi connectivity index (χ4n) is 3.58. The van der Waals surface area contributed by atoms with Crippen LogP contribution in [0, 0.1) is 11.3 Å². The van der Waals surface area contributed by atoms with E-state index < -0.39 is 0 Å². The minimum atomic E-state index is -0.0310. The van der Waals surface area contributed by atoms with E-state index in [4.69, 9.17) is 0 Å². The normalized spacial score (nSPS) is 45.5. The minimum absolute atomic E-state index is 0.0310. The molecule has 0 aromatic rings. The molecule has 0 aromatic carbocycles. The zero-order valence-corrected chi connectivity index (χ0v) is 9.42. The number of aliphatic hydroxyl groups is 1. The highest BCUT2D eigenvalue weighted by molar-refractivity contribution is 5.22. The Kier molecular flexibility index (Phi) is 2.70. The number of allylic oxidation sites excluding steroid dienone is 2. The smallest absolute Gasteiger partial charge is 0.0576 e. The van der Waals surface area contributed by atoms with Gasteiger partial charge in [0.1, 0.15) is 0 Å². The summed E-state index contributed by atoms with van der Waals surface area (Å²) in [6.45, 7) is 4.58. The van der Waals surface area contributed by atoms with Crippen LogP contribution in [-0.2, 0) is 0 Å². The monoisotopic (exact) mass is 194 g/mol. The molecule has 2 aliphatic rings. The molecule has 2 saturated carbocycles. The summed E-state index contributed by atoms with van der Waals surface area (Å²) in [6.07, 6.45) is 9.48. The largest absolute Gasteiger partial charge is 0.393 e. The molecule has 0 unspecified atom stereocenters. The molecule has 0 radical (unpaired) electrons. The second-order valence-electron chi connectivity index (χ2n) is 5.16. The summed E-state index contributed by atoms with van der Waals surface area (Å²) in [5, 5.41) is 10.0. The van der Waals surface area contributed by atoms with Crippen molar-refractivity contribution in [3.63, 3.8) is 0 Å². The van der Waals surface area contributed by atoms with Crippen molar-refractivity contribution in [2.24, 2.45) is 11.3 Å². The van der Waals surface area contributed by atoms with Gasteiger partial charge in [0.15, 0.2) is 0 Å². The molecule has 1 N–H and O–H groups in total. The number of aliphatic hydroxyl groups excluding tert-OH is 1. The van der Waals surface area contributed by atoms with E-state index in [2.05, 4.69) is 19.9 Å². The lowest BCUT2D eigenvalue weighted by atomic mass is 9.66. The van der Waals surface area contributed by atoms with Crippen molar-refractivity contribution in [2.45, 2.75) is 58.5 Å². The van der Waals surface area contributed by atoms with Crippen molar-refractivity contribution in [1.82, 2.24) is 0 Å². The lowest BCUT2D eigenvalue weighted by Crippen LogP contribution is -2.37. The highest BCUT2D eigenvalue weighted by Gasteiger charge is 2.47. The van der Waals surface area contributed by atoms with E-state index in [9.17, 15) is 5.11 Å². The summed E-state index contributed by atoms with van der Waals surface area (Å²) in [5.41, 5.74) is 1.97. The molecule has 0 saturated heterocycles. The Morgan fingerprint density at radius 1 is 1.50 bits per heavy atom. The molecule has 0 bridgehead atoms. The zero-order valence-electron chi connectivity index (χ0n) is 9.42. The average molecular weight is 194 g/mol. The quantitative estimate of drug-likeness (QED) is 0.635. The first-order chi connectivity index (χ1) is 6.68. The van der Waals surface area contributed by atoms with E-state index in [-0.39, 0.29) is 6.10 Å². The fraction of sp³-hybridized carbons (Fsp3) is 0.846. The Morgan fingerprint density at radius 3 is 3.00 bits per heavy atom. The Balaban J connectivity index is 2.24. The van der Waals surface area contributed by atoms with Gasteiger partial charge in [0, 0.05) is 0 Å². The van der Waals surface area contributed by atoms with Gasteiger partial charge >= 0.3 is 0 Å². The molecular weight excluding hydrogens is 172 g/mol. The third-order valence-corrected chi connectivity index (χ3v) is 4.39. The van der Waals surface area contributed by atoms with Crippen LogP contribution in [0.15, 0.2) is 11.6 Å². The van der Waals surface area contributed by atoms with E-state index >= 15 is 0 Å². The van der Waals surface area contributed by atoms with Gasteiger partial charge in [-0.05, 0) is 49.9 Å². The van der Waals surface area contributed by atoms with Gasteiger partial charge < -0.3 is 5.11 Å². The highest BCUT2D eigenvalue weighted by atomic mass is 16.3. The molecule has 0 aliphatic heterocycles. The highest BCUT2D eigenvalue weighted by Crippen LogP contribution is 2.55. The van der Waals surface area contributed by atoms with Gasteiger partial charge in [-0.2, -0.15) is 0 Å². The van der Waals surface area contributed by atoms with Gasteiger partial charge in [-0.15, -0.1) is 0 Å². The van der Waals surface area contributed by atoms with Crippen LogP contribution in [0.2, 0.25) is 0 Å². The molecule has 0 heterocycles. The van der Waals surface area contributed by atoms with Gasteiger partial charge in [0.25, 0.3) is 0 Å². The first-order valence-corrected chi connectivity index (χ1v) is 6.06. The SMILES string of the molecule is CC/C=C1\CC[C@H]2[C@@H](O)CCC[C@]12C. The third-order valence-electron chi connectivity index (χ3n) is 4.39. The zero-order chi connectivity index (χ0) is 10.2. The number of hydrogen-bond acceptors (Lipinski definition) is 1. The molecule has 14 heavy (non-hydrogen) atoms. The molecule has 80 valence electrons. The van der Waals surface area contributed by atoms with Crippen LogP contribution < -0.4 is 0 Å². The Bertz CT molecular complexity index is 244. The van der Waals surface area contributed by atoms with Crippen molar-refractivity contribution in [3.05, 3.63) is 11.6 Å². The standard InChI is InChI=1S/C13H22O/c1-3-5-10-7-8-11-12(14)6-4-9-13(10,11)2/h5,11-12,14H,3-4,6-9H2,1-2H3/b10-5+/t11-,12-,13+/m0/s1. The number of rotatable bonds is 1. The molecule has 3 atom stereocenters. The molecule has 2 fully saturated rings. The van der Waals surface area contributed by atoms with Crippen LogP contribution >= 0.6 is 0 Å². The number of fused-ring (bicyclic) bond motifs is 1. The van der Waals surface area contributed by atoms with Crippen molar-refractivity contribution in [3.8, 4) is 0 Å². The maximum absolute atomic E-state index is 10.0. The molecule has 2 rings (SSSR count). The van der Waals surface area contributed by atoms with Gasteiger partial charge in [0.05, 0.1) is 6.10 Å². The summed E-state index contributed by atoms with van der Waals surface area (Å²) >= 11 is 0. The lowest BCUT2D eigenvalue weighted by Gasteiger charge is -2.40. The van der Waals surface area contributed by atoms with Crippen molar-refractivity contribution < 1.29 is 5.11 Å². The predicted octanol–water partition coefficient (Wildman–Crippen LogP) is 3.28. The summed E-state index contributed by atoms with van der Waals surface area (Å²) in [5.74, 6) is 0.550. The van der Waals surface area contributed by atoms with Gasteiger partial charge in [0.2, 0.25) is 0 Å². The predicted molar refractivity (Wildman–Crippen MR) is 59.1 cm³/mol. The Hall–Kier alpha value is -0.300. The maximum Gasteiger partial charge on any atom is 0.0576 e. The van der Waals surface area contributed by atoms with Crippen molar-refractivity contribution in [2.75, 3.05) is 0 Å². The van der Waals surface area contributed by atoms with Crippen LogP contribution in [0.25, 0.3) is 0 Å². The van der Waals surface area contributed by atoms with E-state index in [0.29, 0.717) is 11.3 Å². The number of hydrogen-bond donors (Lipinski definition) is 1. The lowest BCUT2D eigenvalue weighted by molar-refractivity contribution is 0.0148. The molecule has 1 heteroatoms. The van der Waals surface area contributed by atoms with E-state index in [0.717, 1.165) is 12.8 Å². The van der Waals surface area contributed by atoms with Crippen molar-refractivity contribution >= 4 is 0 Å². The molecule has 0 spiro atoms. The van der Waals surface area contributed by atoms with E-state index in [1.54, 1.807) is 5.57 Å². The van der Waals surface area contributed by atoms with Crippen LogP contribution in [-0.4, -0.2) is 11.2 Å². The van der Waals surface area contributed by atoms with Gasteiger partial charge in [-0.25, -0.2) is 0 Å². The molecular formula is C13H22O. The summed E-state index contributed by atoms with van der Waals surface area (Å²) < 4.78 is 0. The summed E-state index contributed by atoms with van der Waals surface area (Å²) in [6, 6.07) is 0. The van der Waals surface area contributed by atoms with Crippen LogP contribution in [0.5, 0.6) is 0 Å². The van der Waals surface area contributed by atoms with Crippen LogP contribution in [0.4, 0.5) is 0 Å². The second kappa shape index (κ2) is 3.69. The van der Waals surface area contributed by atoms with Crippen LogP contribution in [0.1, 0.15) is 52.4 Å². The topological polar surface area (TPSA) is 20.2 Å². The molecule has 0 aromatic heterocycles. The fourth-order valence-corrected chi connectivity index (χ4v) is 3.58. The van der Waals surface area contributed by atoms with E-state index in [1.807, 2.05) is 0 Å². The van der Waals surface area contributed by atoms with Crippen molar-refractivity contribution in [1.29, 1.82) is 0 Å². The minimum Gasteiger partial charge on any atom is -0.393 e. The van der Waals surface area contributed by atoms with Gasteiger partial charge in [-0.3, -0.25) is 0 Å². The van der Waals surface area contributed by atoms with Gasteiger partial charge in [-0.1, -0.05) is 25.5 Å². The van der Waals surface area contributed by atoms with Crippen LogP contribution in [0.3, 0.4) is 0 Å². The first kappa shape index (κ1) is 10.2. The Morgan fingerprint density at radius 2 is 2.29 bits per heavy atom. The second-order valence-corrected chi connectivity index (χ2v) is 5.16. The first-order valence-electron chi connectivity index (χ1n) is 6.06. The molecule has 1 nitrogen and oxygen atoms in total. The maximum atomic E-state index is 10.0. The van der Waals surface area contributed by atoms with E-state index in [1.165, 1.54) is 25.7 Å².